The lowest BCUT2D eigenvalue weighted by molar-refractivity contribution is 0.158. The molecule has 3 N–H and O–H groups in total. The van der Waals surface area contributed by atoms with Gasteiger partial charge in [0.2, 0.25) is 0 Å². The Morgan fingerprint density at radius 2 is 2.08 bits per heavy atom. The number of fused-ring (bicyclic) bond motifs is 3. The summed E-state index contributed by atoms with van der Waals surface area (Å²) < 4.78 is 5.74. The predicted molar refractivity (Wildman–Crippen MR) is 93.7 cm³/mol. The van der Waals surface area contributed by atoms with Crippen LogP contribution in [0.2, 0.25) is 10.0 Å². The van der Waals surface area contributed by atoms with E-state index in [2.05, 4.69) is 15.6 Å². The summed E-state index contributed by atoms with van der Waals surface area (Å²) in [7, 11) is 0. The molecule has 1 fully saturated rings. The molecule has 2 heterocycles. The van der Waals surface area contributed by atoms with Gasteiger partial charge in [-0.1, -0.05) is 23.2 Å². The molecule has 2 aromatic rings. The first-order chi connectivity index (χ1) is 12.1. The van der Waals surface area contributed by atoms with E-state index in [9.17, 15) is 5.11 Å². The van der Waals surface area contributed by atoms with Crippen LogP contribution in [0.25, 0.3) is 0 Å². The summed E-state index contributed by atoms with van der Waals surface area (Å²) in [6.07, 6.45) is 0.454. The first kappa shape index (κ1) is 16.4. The number of nitrogens with one attached hydrogen (secondary N) is 2. The standard InChI is InChI=1S/C17H14Cl2N4O2/c18-10-2-3-11(19)16-14(10)13-9(7-25-16)15(13)23-17(24)22-12-4-1-8(5-20)6-21-12/h1-4,6,9,13,15,17,23-24H,7H2,(H,21,22)/t9-,13-,15-,17?/m1/s1. The zero-order chi connectivity index (χ0) is 17.6. The maximum absolute atomic E-state index is 10.2. The Kier molecular flexibility index (Phi) is 4.18. The van der Waals surface area contributed by atoms with Crippen molar-refractivity contribution in [3.63, 3.8) is 0 Å². The molecule has 1 aliphatic heterocycles. The molecule has 0 amide bonds. The first-order valence-corrected chi connectivity index (χ1v) is 8.51. The molecule has 2 aliphatic rings. The zero-order valence-electron chi connectivity index (χ0n) is 12.9. The number of nitrogens with zero attached hydrogens (tertiary/aromatic N) is 2. The SMILES string of the molecule is N#Cc1ccc(NC(O)N[C@@H]2[C@@H]3COc4c(Cl)ccc(Cl)c4[C@@H]32)nc1. The average Bonchev–Trinajstić information content (AvgIpc) is 3.31. The van der Waals surface area contributed by atoms with Crippen LogP contribution in [0.5, 0.6) is 5.75 Å². The normalized spacial score (nSPS) is 24.3. The van der Waals surface area contributed by atoms with Crippen LogP contribution in [0.15, 0.2) is 30.5 Å². The maximum Gasteiger partial charge on any atom is 0.182 e. The van der Waals surface area contributed by atoms with Gasteiger partial charge in [0, 0.05) is 34.7 Å². The van der Waals surface area contributed by atoms with E-state index in [1.807, 2.05) is 6.07 Å². The van der Waals surface area contributed by atoms with Crippen molar-refractivity contribution >= 4 is 29.0 Å². The highest BCUT2D eigenvalue weighted by Gasteiger charge is 2.56. The lowest BCUT2D eigenvalue weighted by Crippen LogP contribution is -2.39. The molecule has 4 atom stereocenters. The number of halogens is 2. The minimum Gasteiger partial charge on any atom is -0.491 e. The fourth-order valence-corrected chi connectivity index (χ4v) is 3.79. The van der Waals surface area contributed by atoms with Crippen molar-refractivity contribution in [1.29, 1.82) is 5.26 Å². The van der Waals surface area contributed by atoms with E-state index in [1.54, 1.807) is 24.3 Å². The molecular formula is C17H14Cl2N4O2. The molecule has 1 aromatic carbocycles. The second-order valence-corrected chi connectivity index (χ2v) is 6.87. The van der Waals surface area contributed by atoms with Crippen LogP contribution in [0.3, 0.4) is 0 Å². The topological polar surface area (TPSA) is 90.2 Å². The fourth-order valence-electron chi connectivity index (χ4n) is 3.30. The van der Waals surface area contributed by atoms with Gasteiger partial charge in [0.25, 0.3) is 0 Å². The number of aliphatic hydroxyl groups is 1. The summed E-state index contributed by atoms with van der Waals surface area (Å²) in [5, 5.41) is 26.1. The third-order valence-corrected chi connectivity index (χ3v) is 5.17. The number of ether oxygens (including phenoxy) is 1. The number of anilines is 1. The highest BCUT2D eigenvalue weighted by molar-refractivity contribution is 6.35. The largest absolute Gasteiger partial charge is 0.491 e. The zero-order valence-corrected chi connectivity index (χ0v) is 14.4. The fraction of sp³-hybridized carbons (Fsp3) is 0.294. The minimum absolute atomic E-state index is 0.0260. The summed E-state index contributed by atoms with van der Waals surface area (Å²) in [6.45, 7) is 0.525. The summed E-state index contributed by atoms with van der Waals surface area (Å²) in [5.74, 6) is 1.49. The van der Waals surface area contributed by atoms with E-state index in [0.717, 1.165) is 5.56 Å². The summed E-state index contributed by atoms with van der Waals surface area (Å²) in [6, 6.07) is 8.78. The van der Waals surface area contributed by atoms with Crippen molar-refractivity contribution in [2.75, 3.05) is 11.9 Å². The van der Waals surface area contributed by atoms with Gasteiger partial charge in [-0.15, -0.1) is 0 Å². The maximum atomic E-state index is 10.2. The Morgan fingerprint density at radius 3 is 2.80 bits per heavy atom. The number of hydrogen-bond acceptors (Lipinski definition) is 6. The molecule has 0 radical (unpaired) electrons. The molecule has 0 saturated heterocycles. The summed E-state index contributed by atoms with van der Waals surface area (Å²) in [5.41, 5.74) is 1.35. The van der Waals surface area contributed by atoms with Crippen LogP contribution >= 0.6 is 23.2 Å². The minimum atomic E-state index is -0.988. The Balaban J connectivity index is 1.44. The van der Waals surface area contributed by atoms with Crippen molar-refractivity contribution in [2.24, 2.45) is 5.92 Å². The molecule has 1 aromatic heterocycles. The molecule has 6 nitrogen and oxygen atoms in total. The van der Waals surface area contributed by atoms with Crippen molar-refractivity contribution in [2.45, 2.75) is 18.3 Å². The summed E-state index contributed by atoms with van der Waals surface area (Å²) in [4.78, 5) is 4.07. The van der Waals surface area contributed by atoms with E-state index in [0.29, 0.717) is 33.8 Å². The van der Waals surface area contributed by atoms with Crippen molar-refractivity contribution in [3.8, 4) is 11.8 Å². The van der Waals surface area contributed by atoms with Crippen molar-refractivity contribution in [1.82, 2.24) is 10.3 Å². The Bertz CT molecular complexity index is 853. The van der Waals surface area contributed by atoms with Gasteiger partial charge in [0.1, 0.15) is 17.6 Å². The Morgan fingerprint density at radius 1 is 1.28 bits per heavy atom. The van der Waals surface area contributed by atoms with Crippen molar-refractivity contribution < 1.29 is 9.84 Å². The Hall–Kier alpha value is -2.04. The first-order valence-electron chi connectivity index (χ1n) is 7.76. The molecule has 25 heavy (non-hydrogen) atoms. The van der Waals surface area contributed by atoms with Gasteiger partial charge in [-0.05, 0) is 24.3 Å². The van der Waals surface area contributed by atoms with Gasteiger partial charge in [0.15, 0.2) is 6.35 Å². The highest BCUT2D eigenvalue weighted by atomic mass is 35.5. The van der Waals surface area contributed by atoms with Crippen molar-refractivity contribution in [3.05, 3.63) is 51.6 Å². The molecule has 1 aliphatic carbocycles. The van der Waals surface area contributed by atoms with Gasteiger partial charge >= 0.3 is 0 Å². The molecule has 1 unspecified atom stereocenters. The Labute approximate surface area is 154 Å². The highest BCUT2D eigenvalue weighted by Crippen LogP contribution is 2.57. The number of pyridine rings is 1. The van der Waals surface area contributed by atoms with Gasteiger partial charge in [-0.25, -0.2) is 4.98 Å². The smallest absolute Gasteiger partial charge is 0.182 e. The quantitative estimate of drug-likeness (QED) is 0.710. The number of nitriles is 1. The molecule has 0 spiro atoms. The molecule has 8 heteroatoms. The van der Waals surface area contributed by atoms with E-state index in [1.165, 1.54) is 6.20 Å². The van der Waals surface area contributed by atoms with E-state index in [4.69, 9.17) is 33.2 Å². The van der Waals surface area contributed by atoms with Crippen LogP contribution in [-0.2, 0) is 0 Å². The monoisotopic (exact) mass is 376 g/mol. The predicted octanol–water partition coefficient (Wildman–Crippen LogP) is 2.71. The number of aromatic nitrogens is 1. The van der Waals surface area contributed by atoms with Crippen LogP contribution in [0.4, 0.5) is 5.82 Å². The number of benzene rings is 1. The molecule has 4 rings (SSSR count). The number of aliphatic hydroxyl groups excluding tert-OH is 1. The van der Waals surface area contributed by atoms with Crippen LogP contribution < -0.4 is 15.4 Å². The number of hydrogen-bond donors (Lipinski definition) is 3. The summed E-state index contributed by atoms with van der Waals surface area (Å²) >= 11 is 12.5. The molecule has 128 valence electrons. The van der Waals surface area contributed by atoms with Gasteiger partial charge < -0.3 is 15.2 Å². The van der Waals surface area contributed by atoms with Gasteiger partial charge in [-0.2, -0.15) is 5.26 Å². The molecule has 1 saturated carbocycles. The van der Waals surface area contributed by atoms with E-state index >= 15 is 0 Å². The van der Waals surface area contributed by atoms with E-state index in [-0.39, 0.29) is 17.9 Å². The van der Waals surface area contributed by atoms with Crippen LogP contribution in [0, 0.1) is 17.2 Å². The lowest BCUT2D eigenvalue weighted by Gasteiger charge is -2.18. The molecule has 0 bridgehead atoms. The third-order valence-electron chi connectivity index (χ3n) is 4.54. The average molecular weight is 377 g/mol. The second-order valence-electron chi connectivity index (χ2n) is 6.06. The van der Waals surface area contributed by atoms with Crippen LogP contribution in [0.1, 0.15) is 17.0 Å². The lowest BCUT2D eigenvalue weighted by atomic mass is 10.1. The van der Waals surface area contributed by atoms with Gasteiger partial charge in [-0.3, -0.25) is 5.32 Å². The molecular weight excluding hydrogens is 363 g/mol. The third kappa shape index (κ3) is 3.00. The second kappa shape index (κ2) is 6.36. The van der Waals surface area contributed by atoms with E-state index < -0.39 is 6.35 Å². The number of rotatable bonds is 4. The van der Waals surface area contributed by atoms with Crippen LogP contribution in [-0.4, -0.2) is 29.1 Å². The van der Waals surface area contributed by atoms with Gasteiger partial charge in [0.05, 0.1) is 17.2 Å².